The molecule has 0 aliphatic carbocycles. The minimum Gasteiger partial charge on any atom is -0.476 e. The van der Waals surface area contributed by atoms with E-state index in [-0.39, 0.29) is 12.5 Å². The molecule has 1 saturated heterocycles. The zero-order valence-electron chi connectivity index (χ0n) is 12.9. The highest BCUT2D eigenvalue weighted by molar-refractivity contribution is 5.78. The maximum Gasteiger partial charge on any atom is 0.417 e. The molecular formula is C15H21F3N4O. The monoisotopic (exact) mass is 330 g/mol. The molecule has 8 heteroatoms. The molecule has 0 saturated carbocycles. The summed E-state index contributed by atoms with van der Waals surface area (Å²) in [7, 11) is 0. The lowest BCUT2D eigenvalue weighted by Gasteiger charge is -2.21. The van der Waals surface area contributed by atoms with Gasteiger partial charge < -0.3 is 15.4 Å². The molecule has 0 unspecified atom stereocenters. The number of nitrogens with two attached hydrogens (primary N) is 1. The molecule has 1 aromatic rings. The Morgan fingerprint density at radius 2 is 1.91 bits per heavy atom. The van der Waals surface area contributed by atoms with E-state index < -0.39 is 11.7 Å². The number of ether oxygens (including phenoxy) is 1. The van der Waals surface area contributed by atoms with Crippen LogP contribution < -0.4 is 10.5 Å². The van der Waals surface area contributed by atoms with E-state index in [2.05, 4.69) is 14.9 Å². The van der Waals surface area contributed by atoms with E-state index in [1.807, 2.05) is 0 Å². The molecule has 23 heavy (non-hydrogen) atoms. The third-order valence-corrected chi connectivity index (χ3v) is 3.61. The topological polar surface area (TPSA) is 63.7 Å². The lowest BCUT2D eigenvalue weighted by molar-refractivity contribution is -0.137. The first-order chi connectivity index (χ1) is 11.0. The molecular weight excluding hydrogens is 309 g/mol. The van der Waals surface area contributed by atoms with Crippen molar-refractivity contribution in [2.24, 2.45) is 10.7 Å². The van der Waals surface area contributed by atoms with Crippen molar-refractivity contribution in [1.29, 1.82) is 0 Å². The number of rotatable bonds is 4. The van der Waals surface area contributed by atoms with E-state index in [4.69, 9.17) is 10.5 Å². The lowest BCUT2D eigenvalue weighted by atomic mass is 10.2. The van der Waals surface area contributed by atoms with Crippen LogP contribution >= 0.6 is 0 Å². The molecule has 0 amide bonds. The smallest absolute Gasteiger partial charge is 0.417 e. The lowest BCUT2D eigenvalue weighted by Crippen LogP contribution is -2.38. The summed E-state index contributed by atoms with van der Waals surface area (Å²) in [6.45, 7) is 2.38. The molecule has 0 bridgehead atoms. The van der Waals surface area contributed by atoms with Crippen LogP contribution in [0.25, 0.3) is 0 Å². The van der Waals surface area contributed by atoms with Crippen molar-refractivity contribution in [3.63, 3.8) is 0 Å². The van der Waals surface area contributed by atoms with E-state index in [1.54, 1.807) is 0 Å². The summed E-state index contributed by atoms with van der Waals surface area (Å²) >= 11 is 0. The summed E-state index contributed by atoms with van der Waals surface area (Å²) in [6.07, 6.45) is 1.02. The van der Waals surface area contributed by atoms with Crippen molar-refractivity contribution in [3.05, 3.63) is 23.9 Å². The summed E-state index contributed by atoms with van der Waals surface area (Å²) in [4.78, 5) is 9.94. The average molecular weight is 330 g/mol. The van der Waals surface area contributed by atoms with E-state index in [0.29, 0.717) is 12.5 Å². The van der Waals surface area contributed by atoms with Crippen LogP contribution in [-0.2, 0) is 6.18 Å². The molecule has 128 valence electrons. The van der Waals surface area contributed by atoms with Gasteiger partial charge in [0.25, 0.3) is 0 Å². The van der Waals surface area contributed by atoms with Crippen molar-refractivity contribution in [1.82, 2.24) is 9.88 Å². The Balaban J connectivity index is 1.77. The van der Waals surface area contributed by atoms with Crippen molar-refractivity contribution < 1.29 is 17.9 Å². The molecule has 2 heterocycles. The highest BCUT2D eigenvalue weighted by atomic mass is 19.4. The van der Waals surface area contributed by atoms with Gasteiger partial charge in [0.2, 0.25) is 5.88 Å². The quantitative estimate of drug-likeness (QED) is 0.524. The number of likely N-dealkylation sites (tertiary alicyclic amines) is 1. The van der Waals surface area contributed by atoms with Gasteiger partial charge in [0, 0.05) is 25.4 Å². The molecule has 1 aliphatic heterocycles. The Hall–Kier alpha value is -1.99. The molecule has 1 aliphatic rings. The van der Waals surface area contributed by atoms with E-state index in [1.165, 1.54) is 18.9 Å². The zero-order valence-corrected chi connectivity index (χ0v) is 12.9. The number of nitrogens with zero attached hydrogens (tertiary/aromatic N) is 3. The van der Waals surface area contributed by atoms with Crippen LogP contribution in [0.15, 0.2) is 23.3 Å². The highest BCUT2D eigenvalue weighted by Gasteiger charge is 2.30. The number of hydrogen-bond acceptors (Lipinski definition) is 3. The van der Waals surface area contributed by atoms with E-state index in [9.17, 15) is 13.2 Å². The standard InChI is InChI=1S/C15H21F3N4O/c16-15(17,18)12-5-6-13(21-11-12)23-10-7-20-14(19)22-8-3-1-2-4-9-22/h5-6,11H,1-4,7-10H2,(H2,19,20). The van der Waals surface area contributed by atoms with E-state index >= 15 is 0 Å². The number of alkyl halides is 3. The maximum atomic E-state index is 12.4. The van der Waals surface area contributed by atoms with Gasteiger partial charge in [-0.1, -0.05) is 12.8 Å². The van der Waals surface area contributed by atoms with Crippen LogP contribution in [0.1, 0.15) is 31.2 Å². The predicted octanol–water partition coefficient (Wildman–Crippen LogP) is 2.67. The second-order valence-corrected chi connectivity index (χ2v) is 5.37. The van der Waals surface area contributed by atoms with Gasteiger partial charge in [0.15, 0.2) is 5.96 Å². The molecule has 0 aromatic carbocycles. The average Bonchev–Trinajstić information content (AvgIpc) is 2.80. The minimum absolute atomic E-state index is 0.140. The second kappa shape index (κ2) is 8.03. The summed E-state index contributed by atoms with van der Waals surface area (Å²) in [5, 5.41) is 0. The molecule has 2 rings (SSSR count). The first kappa shape index (κ1) is 17.4. The maximum absolute atomic E-state index is 12.4. The Bertz CT molecular complexity index is 508. The predicted molar refractivity (Wildman–Crippen MR) is 81.3 cm³/mol. The Morgan fingerprint density at radius 1 is 1.22 bits per heavy atom. The zero-order chi connectivity index (χ0) is 16.7. The SMILES string of the molecule is NC(=NCCOc1ccc(C(F)(F)F)cn1)N1CCCCCC1. The van der Waals surface area contributed by atoms with Crippen LogP contribution in [0.5, 0.6) is 5.88 Å². The summed E-state index contributed by atoms with van der Waals surface area (Å²) in [6, 6.07) is 2.14. The minimum atomic E-state index is -4.39. The van der Waals surface area contributed by atoms with Crippen molar-refractivity contribution in [2.45, 2.75) is 31.9 Å². The number of guanidine groups is 1. The largest absolute Gasteiger partial charge is 0.476 e. The number of halogens is 3. The highest BCUT2D eigenvalue weighted by Crippen LogP contribution is 2.29. The number of aromatic nitrogens is 1. The van der Waals surface area contributed by atoms with Crippen molar-refractivity contribution >= 4 is 5.96 Å². The van der Waals surface area contributed by atoms with Gasteiger partial charge >= 0.3 is 6.18 Å². The molecule has 0 atom stereocenters. The van der Waals surface area contributed by atoms with Crippen molar-refractivity contribution in [2.75, 3.05) is 26.2 Å². The van der Waals surface area contributed by atoms with Gasteiger partial charge in [-0.15, -0.1) is 0 Å². The summed E-state index contributed by atoms with van der Waals surface area (Å²) in [5.41, 5.74) is 5.15. The van der Waals surface area contributed by atoms with Crippen molar-refractivity contribution in [3.8, 4) is 5.88 Å². The fourth-order valence-corrected chi connectivity index (χ4v) is 2.34. The number of pyridine rings is 1. The molecule has 0 radical (unpaired) electrons. The van der Waals surface area contributed by atoms with Crippen LogP contribution in [0.4, 0.5) is 13.2 Å². The molecule has 0 spiro atoms. The normalized spacial score (nSPS) is 17.0. The Morgan fingerprint density at radius 3 is 2.48 bits per heavy atom. The van der Waals surface area contributed by atoms with E-state index in [0.717, 1.165) is 38.2 Å². The van der Waals surface area contributed by atoms with Gasteiger partial charge in [0.05, 0.1) is 12.1 Å². The molecule has 5 nitrogen and oxygen atoms in total. The molecule has 1 aromatic heterocycles. The van der Waals surface area contributed by atoms with Crippen LogP contribution in [0, 0.1) is 0 Å². The van der Waals surface area contributed by atoms with Gasteiger partial charge in [-0.2, -0.15) is 13.2 Å². The Kier molecular flexibility index (Phi) is 6.06. The van der Waals surface area contributed by atoms with Crippen LogP contribution in [0.3, 0.4) is 0 Å². The first-order valence-electron chi connectivity index (χ1n) is 7.68. The summed E-state index contributed by atoms with van der Waals surface area (Å²) < 4.78 is 42.5. The molecule has 1 fully saturated rings. The van der Waals surface area contributed by atoms with Gasteiger partial charge in [-0.3, -0.25) is 0 Å². The van der Waals surface area contributed by atoms with Gasteiger partial charge in [-0.25, -0.2) is 9.98 Å². The summed E-state index contributed by atoms with van der Waals surface area (Å²) in [5.74, 6) is 0.637. The fraction of sp³-hybridized carbons (Fsp3) is 0.600. The number of aliphatic imine (C=N–C) groups is 1. The fourth-order valence-electron chi connectivity index (χ4n) is 2.34. The second-order valence-electron chi connectivity index (χ2n) is 5.37. The van der Waals surface area contributed by atoms with Gasteiger partial charge in [-0.05, 0) is 18.9 Å². The van der Waals surface area contributed by atoms with Gasteiger partial charge in [0.1, 0.15) is 6.61 Å². The van der Waals surface area contributed by atoms with Crippen LogP contribution in [-0.4, -0.2) is 42.1 Å². The van der Waals surface area contributed by atoms with Crippen LogP contribution in [0.2, 0.25) is 0 Å². The third-order valence-electron chi connectivity index (χ3n) is 3.61. The Labute approximate surface area is 133 Å². The number of hydrogen-bond donors (Lipinski definition) is 1. The first-order valence-corrected chi connectivity index (χ1v) is 7.68. The third kappa shape index (κ3) is 5.61. The molecule has 2 N–H and O–H groups in total.